The van der Waals surface area contributed by atoms with Crippen molar-refractivity contribution in [3.05, 3.63) is 41.2 Å². The van der Waals surface area contributed by atoms with Crippen LogP contribution in [0.2, 0.25) is 5.15 Å². The Morgan fingerprint density at radius 1 is 1.10 bits per heavy atom. The first-order valence-electron chi connectivity index (χ1n) is 9.26. The van der Waals surface area contributed by atoms with Crippen LogP contribution < -0.4 is 14.8 Å². The van der Waals surface area contributed by atoms with Crippen LogP contribution in [0.1, 0.15) is 19.8 Å². The number of hydrogen-bond acceptors (Lipinski definition) is 5. The van der Waals surface area contributed by atoms with Crippen LogP contribution in [0.4, 0.5) is 14.6 Å². The lowest BCUT2D eigenvalue weighted by Gasteiger charge is -2.18. The van der Waals surface area contributed by atoms with E-state index in [9.17, 15) is 0 Å². The molecular weight excluding hydrogens is 400 g/mol. The van der Waals surface area contributed by atoms with Crippen LogP contribution in [0.3, 0.4) is 0 Å². The molecule has 8 heteroatoms. The number of nitrogens with zero attached hydrogens (tertiary/aromatic N) is 2. The second kappa shape index (κ2) is 7.63. The fourth-order valence-corrected chi connectivity index (χ4v) is 3.56. The second-order valence-corrected chi connectivity index (χ2v) is 7.53. The number of halogens is 3. The Labute approximate surface area is 172 Å². The fraction of sp³-hybridized carbons (Fsp3) is 0.333. The summed E-state index contributed by atoms with van der Waals surface area (Å²) >= 11 is 6.07. The number of fused-ring (bicyclic) bond motifs is 1. The summed E-state index contributed by atoms with van der Waals surface area (Å²) in [6, 6.07) is 4.60. The van der Waals surface area contributed by atoms with Crippen LogP contribution in [0.25, 0.3) is 22.0 Å². The zero-order chi connectivity index (χ0) is 20.7. The van der Waals surface area contributed by atoms with E-state index in [0.717, 1.165) is 18.2 Å². The van der Waals surface area contributed by atoms with Gasteiger partial charge in [-0.3, -0.25) is 0 Å². The highest BCUT2D eigenvalue weighted by atomic mass is 35.5. The zero-order valence-electron chi connectivity index (χ0n) is 16.2. The topological polar surface area (TPSA) is 56.3 Å². The minimum atomic E-state index is -0.847. The van der Waals surface area contributed by atoms with Gasteiger partial charge in [0.15, 0.2) is 23.1 Å². The van der Waals surface area contributed by atoms with Crippen molar-refractivity contribution in [1.29, 1.82) is 0 Å². The number of ether oxygens (including phenoxy) is 2. The Hall–Kier alpha value is -2.67. The Balaban J connectivity index is 1.94. The molecule has 4 rings (SSSR count). The van der Waals surface area contributed by atoms with Gasteiger partial charge in [-0.2, -0.15) is 0 Å². The predicted octanol–water partition coefficient (Wildman–Crippen LogP) is 5.46. The van der Waals surface area contributed by atoms with Crippen LogP contribution in [0.5, 0.6) is 11.5 Å². The van der Waals surface area contributed by atoms with E-state index in [1.807, 2.05) is 0 Å². The molecule has 1 aliphatic rings. The molecule has 1 N–H and O–H groups in total. The molecule has 1 atom stereocenters. The number of rotatable bonds is 6. The van der Waals surface area contributed by atoms with E-state index in [1.54, 1.807) is 18.3 Å². The number of pyridine rings is 2. The summed E-state index contributed by atoms with van der Waals surface area (Å²) in [6.45, 7) is 2.07. The first-order chi connectivity index (χ1) is 13.9. The highest BCUT2D eigenvalue weighted by Crippen LogP contribution is 2.40. The second-order valence-electron chi connectivity index (χ2n) is 7.14. The van der Waals surface area contributed by atoms with Crippen molar-refractivity contribution < 1.29 is 18.3 Å². The molecule has 0 amide bonds. The minimum Gasteiger partial charge on any atom is -0.494 e. The normalized spacial score (nSPS) is 14.7. The molecule has 2 heterocycles. The van der Waals surface area contributed by atoms with Crippen LogP contribution >= 0.6 is 11.6 Å². The molecule has 5 nitrogen and oxygen atoms in total. The van der Waals surface area contributed by atoms with Crippen molar-refractivity contribution in [2.75, 3.05) is 19.5 Å². The van der Waals surface area contributed by atoms with Crippen LogP contribution in [-0.4, -0.2) is 30.2 Å². The van der Waals surface area contributed by atoms with Crippen LogP contribution in [-0.2, 0) is 0 Å². The highest BCUT2D eigenvalue weighted by molar-refractivity contribution is 6.30. The minimum absolute atomic E-state index is 0.110. The van der Waals surface area contributed by atoms with Gasteiger partial charge in [0.2, 0.25) is 0 Å². The van der Waals surface area contributed by atoms with Gasteiger partial charge in [-0.05, 0) is 37.8 Å². The molecule has 0 radical (unpaired) electrons. The lowest BCUT2D eigenvalue weighted by atomic mass is 10.1. The first-order valence-corrected chi connectivity index (χ1v) is 9.64. The van der Waals surface area contributed by atoms with Crippen molar-refractivity contribution in [3.8, 4) is 22.8 Å². The Bertz CT molecular complexity index is 1060. The zero-order valence-corrected chi connectivity index (χ0v) is 17.0. The third-order valence-electron chi connectivity index (χ3n) is 5.20. The lowest BCUT2D eigenvalue weighted by molar-refractivity contribution is 0.359. The maximum atomic E-state index is 15.0. The van der Waals surface area contributed by atoms with E-state index in [-0.39, 0.29) is 28.8 Å². The third kappa shape index (κ3) is 3.67. The SMILES string of the molecule is COc1cc(OC)c(F)c(-c2cc3cnc(Cl)cc3c(NC(C)C3CC3)n2)c1F. The van der Waals surface area contributed by atoms with Crippen LogP contribution in [0.15, 0.2) is 24.4 Å². The van der Waals surface area contributed by atoms with Gasteiger partial charge in [-0.1, -0.05) is 11.6 Å². The summed E-state index contributed by atoms with van der Waals surface area (Å²) in [5, 5.41) is 5.08. The Morgan fingerprint density at radius 3 is 2.34 bits per heavy atom. The molecule has 1 unspecified atom stereocenters. The van der Waals surface area contributed by atoms with Gasteiger partial charge >= 0.3 is 0 Å². The van der Waals surface area contributed by atoms with Gasteiger partial charge in [-0.25, -0.2) is 18.7 Å². The first kappa shape index (κ1) is 19.6. The predicted molar refractivity (Wildman–Crippen MR) is 109 cm³/mol. The van der Waals surface area contributed by atoms with Gasteiger partial charge in [0.1, 0.15) is 11.0 Å². The number of aromatic nitrogens is 2. The van der Waals surface area contributed by atoms with Gasteiger partial charge in [0, 0.05) is 29.1 Å². The van der Waals surface area contributed by atoms with Gasteiger partial charge in [0.25, 0.3) is 0 Å². The number of anilines is 1. The molecule has 1 aliphatic carbocycles. The highest BCUT2D eigenvalue weighted by Gasteiger charge is 2.29. The summed E-state index contributed by atoms with van der Waals surface area (Å²) in [7, 11) is 2.62. The molecular formula is C21H20ClF2N3O2. The summed E-state index contributed by atoms with van der Waals surface area (Å²) in [5.41, 5.74) is -0.209. The summed E-state index contributed by atoms with van der Waals surface area (Å²) in [6.07, 6.45) is 3.85. The number of methoxy groups -OCH3 is 2. The van der Waals surface area contributed by atoms with E-state index in [0.29, 0.717) is 22.3 Å². The number of nitrogens with one attached hydrogen (secondary N) is 1. The van der Waals surface area contributed by atoms with E-state index in [1.165, 1.54) is 20.3 Å². The maximum absolute atomic E-state index is 15.0. The molecule has 0 bridgehead atoms. The van der Waals surface area contributed by atoms with Gasteiger partial charge < -0.3 is 14.8 Å². The van der Waals surface area contributed by atoms with Crippen molar-refractivity contribution in [3.63, 3.8) is 0 Å². The van der Waals surface area contributed by atoms with Gasteiger partial charge in [0.05, 0.1) is 25.5 Å². The third-order valence-corrected chi connectivity index (χ3v) is 5.41. The van der Waals surface area contributed by atoms with E-state index in [4.69, 9.17) is 21.1 Å². The van der Waals surface area contributed by atoms with Crippen molar-refractivity contribution >= 4 is 28.2 Å². The largest absolute Gasteiger partial charge is 0.494 e. The number of benzene rings is 1. The molecule has 3 aromatic rings. The molecule has 0 aliphatic heterocycles. The standard InChI is InChI=1S/C21H20ClF2N3O2/c1-10(11-4-5-11)26-21-13-7-17(22)25-9-12(13)6-14(27-21)18-19(23)15(28-2)8-16(29-3)20(18)24/h6-11H,4-5H2,1-3H3,(H,26,27). The van der Waals surface area contributed by atoms with E-state index >= 15 is 8.78 Å². The van der Waals surface area contributed by atoms with Crippen molar-refractivity contribution in [2.45, 2.75) is 25.8 Å². The Kier molecular flexibility index (Phi) is 5.17. The molecule has 0 saturated heterocycles. The monoisotopic (exact) mass is 419 g/mol. The molecule has 2 aromatic heterocycles. The molecule has 0 spiro atoms. The summed E-state index contributed by atoms with van der Waals surface area (Å²) in [4.78, 5) is 8.64. The maximum Gasteiger partial charge on any atom is 0.177 e. The summed E-state index contributed by atoms with van der Waals surface area (Å²) < 4.78 is 40.1. The lowest BCUT2D eigenvalue weighted by Crippen LogP contribution is -2.18. The molecule has 1 aromatic carbocycles. The molecule has 29 heavy (non-hydrogen) atoms. The van der Waals surface area contributed by atoms with E-state index < -0.39 is 11.6 Å². The number of hydrogen-bond donors (Lipinski definition) is 1. The van der Waals surface area contributed by atoms with E-state index in [2.05, 4.69) is 22.2 Å². The van der Waals surface area contributed by atoms with Gasteiger partial charge in [-0.15, -0.1) is 0 Å². The molecule has 1 saturated carbocycles. The fourth-order valence-electron chi connectivity index (χ4n) is 3.40. The summed E-state index contributed by atoms with van der Waals surface area (Å²) in [5.74, 6) is -0.896. The smallest absolute Gasteiger partial charge is 0.177 e. The Morgan fingerprint density at radius 2 is 1.76 bits per heavy atom. The molecule has 1 fully saturated rings. The van der Waals surface area contributed by atoms with Crippen molar-refractivity contribution in [2.24, 2.45) is 5.92 Å². The molecule has 152 valence electrons. The van der Waals surface area contributed by atoms with Crippen LogP contribution in [0, 0.1) is 17.6 Å². The average Bonchev–Trinajstić information content (AvgIpc) is 3.54. The van der Waals surface area contributed by atoms with Crippen molar-refractivity contribution in [1.82, 2.24) is 9.97 Å². The quantitative estimate of drug-likeness (QED) is 0.538. The average molecular weight is 420 g/mol.